The number of amides is 5. The van der Waals surface area contributed by atoms with E-state index in [9.17, 15) is 19.2 Å². The summed E-state index contributed by atoms with van der Waals surface area (Å²) in [6.45, 7) is 3.25. The van der Waals surface area contributed by atoms with E-state index in [-0.39, 0.29) is 65.2 Å². The van der Waals surface area contributed by atoms with E-state index in [0.717, 1.165) is 65.6 Å². The molecule has 2 aromatic heterocycles. The number of carbonyl (C=O) groups is 4. The summed E-state index contributed by atoms with van der Waals surface area (Å²) in [6.07, 6.45) is 7.27. The van der Waals surface area contributed by atoms with Crippen molar-refractivity contribution in [2.24, 2.45) is 5.41 Å². The van der Waals surface area contributed by atoms with Crippen molar-refractivity contribution in [3.05, 3.63) is 75.8 Å². The Morgan fingerprint density at radius 2 is 1.70 bits per heavy atom. The summed E-state index contributed by atoms with van der Waals surface area (Å²) in [5.41, 5.74) is 4.66. The second-order valence-corrected chi connectivity index (χ2v) is 19.3. The number of fused-ring (bicyclic) bond motifs is 2. The lowest BCUT2D eigenvalue weighted by atomic mass is 9.70. The van der Waals surface area contributed by atoms with Crippen LogP contribution < -0.4 is 25.8 Å². The van der Waals surface area contributed by atoms with Crippen LogP contribution in [0, 0.1) is 11.2 Å². The summed E-state index contributed by atoms with van der Waals surface area (Å²) >= 11 is 6.22. The van der Waals surface area contributed by atoms with Gasteiger partial charge < -0.3 is 25.2 Å². The molecule has 5 amide bonds. The Balaban J connectivity index is 0.750. The molecule has 6 aliphatic rings. The first-order valence-corrected chi connectivity index (χ1v) is 23.6. The average molecular weight is 946 g/mol. The monoisotopic (exact) mass is 945 g/mol. The van der Waals surface area contributed by atoms with Gasteiger partial charge in [-0.2, -0.15) is 0 Å². The Kier molecular flexibility index (Phi) is 12.1. The summed E-state index contributed by atoms with van der Waals surface area (Å²) in [6, 6.07) is 8.77. The molecule has 4 aromatic rings. The highest BCUT2D eigenvalue weighted by Crippen LogP contribution is 2.45. The minimum absolute atomic E-state index is 0.0108. The van der Waals surface area contributed by atoms with Gasteiger partial charge in [-0.15, -0.1) is 5.10 Å². The van der Waals surface area contributed by atoms with E-state index in [2.05, 4.69) is 25.8 Å². The van der Waals surface area contributed by atoms with Gasteiger partial charge in [-0.3, -0.25) is 34.4 Å². The number of anilines is 4. The zero-order valence-electron chi connectivity index (χ0n) is 37.6. The molecule has 1 aliphatic carbocycles. The number of hydrogen-bond donors (Lipinski definition) is 3. The van der Waals surface area contributed by atoms with Gasteiger partial charge >= 0.3 is 6.03 Å². The highest BCUT2D eigenvalue weighted by Gasteiger charge is 2.50. The van der Waals surface area contributed by atoms with Crippen molar-refractivity contribution in [3.8, 4) is 0 Å². The summed E-state index contributed by atoms with van der Waals surface area (Å²) in [7, 11) is 3.45. The smallest absolute Gasteiger partial charge is 0.328 e. The lowest BCUT2D eigenvalue weighted by Gasteiger charge is -2.51. The maximum atomic E-state index is 16.3. The summed E-state index contributed by atoms with van der Waals surface area (Å²) in [5, 5.41) is 13.1. The van der Waals surface area contributed by atoms with E-state index in [0.29, 0.717) is 82.2 Å². The van der Waals surface area contributed by atoms with Crippen LogP contribution in [0.2, 0.25) is 5.02 Å². The number of imide groups is 1. The van der Waals surface area contributed by atoms with Crippen molar-refractivity contribution >= 4 is 63.9 Å². The van der Waals surface area contributed by atoms with Crippen LogP contribution in [-0.4, -0.2) is 144 Å². The van der Waals surface area contributed by atoms with E-state index in [1.54, 1.807) is 23.6 Å². The number of nitrogens with one attached hydrogen (secondary N) is 3. The third kappa shape index (κ3) is 8.45. The summed E-state index contributed by atoms with van der Waals surface area (Å²) < 4.78 is 54.6. The zero-order valence-corrected chi connectivity index (χ0v) is 38.4. The van der Waals surface area contributed by atoms with Gasteiger partial charge in [0.25, 0.3) is 17.7 Å². The van der Waals surface area contributed by atoms with Crippen molar-refractivity contribution in [2.45, 2.75) is 88.4 Å². The molecule has 3 atom stereocenters. The molecule has 5 fully saturated rings. The third-order valence-electron chi connectivity index (χ3n) is 15.2. The Bertz CT molecular complexity index is 2610. The van der Waals surface area contributed by atoms with Crippen LogP contribution in [0.3, 0.4) is 0 Å². The number of likely N-dealkylation sites (tertiary alicyclic amines) is 3. The molecule has 0 bridgehead atoms. The minimum Gasteiger partial charge on any atom is -0.385 e. The summed E-state index contributed by atoms with van der Waals surface area (Å²) in [4.78, 5) is 64.5. The number of methoxy groups -OCH3 is 1. The van der Waals surface area contributed by atoms with Crippen LogP contribution in [0.4, 0.5) is 40.8 Å². The predicted molar refractivity (Wildman–Crippen MR) is 245 cm³/mol. The lowest BCUT2D eigenvalue weighted by Crippen LogP contribution is -2.60. The van der Waals surface area contributed by atoms with Crippen LogP contribution in [-0.2, 0) is 22.5 Å². The number of rotatable bonds is 10. The van der Waals surface area contributed by atoms with Crippen molar-refractivity contribution in [2.75, 3.05) is 81.6 Å². The predicted octanol–water partition coefficient (Wildman–Crippen LogP) is 5.84. The number of carbonyl (C=O) groups excluding carboxylic acids is 4. The van der Waals surface area contributed by atoms with Gasteiger partial charge in [-0.05, 0) is 99.2 Å². The standard InChI is InChI=1S/C47H55ClF3N11O5/c1-52-33-24-39(56-62-36(25-53-42(33)62)43(64)54-32-6-7-37(32)67-2)60-16-8-30-28(4-3-5-34(30)60)26-57-15-9-38(47(50,51)27-57)58-18-11-46(12-19-58)13-20-59(21-14-46)44(65)29-22-31(49)41(48)35(23-29)61-17-10-40(63)55-45(61)66/h3-5,22-25,32,37-38,52H,6-21,26-27H2,1-2H3,(H,54,64)(H,55,63,66)/t32-,37-,38?/m1/s1. The van der Waals surface area contributed by atoms with Crippen molar-refractivity contribution in [1.82, 2.24) is 39.9 Å². The van der Waals surface area contributed by atoms with Gasteiger partial charge in [0.05, 0.1) is 42.3 Å². The van der Waals surface area contributed by atoms with E-state index < -0.39 is 29.7 Å². The quantitative estimate of drug-likeness (QED) is 0.175. The number of alkyl halides is 2. The molecular formula is C47H55ClF3N11O5. The molecule has 20 heteroatoms. The zero-order chi connectivity index (χ0) is 46.8. The molecule has 1 unspecified atom stereocenters. The van der Waals surface area contributed by atoms with Crippen molar-refractivity contribution in [1.29, 1.82) is 0 Å². The number of aromatic nitrogens is 3. The number of nitrogens with zero attached hydrogens (tertiary/aromatic N) is 8. The van der Waals surface area contributed by atoms with Gasteiger partial charge in [0.2, 0.25) is 5.91 Å². The Morgan fingerprint density at radius 3 is 2.40 bits per heavy atom. The van der Waals surface area contributed by atoms with Crippen LogP contribution >= 0.6 is 11.6 Å². The fraction of sp³-hybridized carbons (Fsp3) is 0.532. The molecule has 16 nitrogen and oxygen atoms in total. The van der Waals surface area contributed by atoms with Gasteiger partial charge in [0.1, 0.15) is 10.8 Å². The van der Waals surface area contributed by atoms with Gasteiger partial charge in [-0.25, -0.2) is 27.5 Å². The fourth-order valence-corrected chi connectivity index (χ4v) is 11.4. The minimum atomic E-state index is -2.92. The van der Waals surface area contributed by atoms with E-state index in [4.69, 9.17) is 21.4 Å². The molecule has 7 heterocycles. The van der Waals surface area contributed by atoms with Gasteiger partial charge in [-0.1, -0.05) is 23.7 Å². The third-order valence-corrected chi connectivity index (χ3v) is 15.6. The van der Waals surface area contributed by atoms with Crippen LogP contribution in [0.1, 0.15) is 83.3 Å². The molecule has 3 N–H and O–H groups in total. The van der Waals surface area contributed by atoms with Crippen LogP contribution in [0.15, 0.2) is 42.6 Å². The number of imidazole rings is 1. The molecule has 5 aliphatic heterocycles. The fourth-order valence-electron chi connectivity index (χ4n) is 11.2. The summed E-state index contributed by atoms with van der Waals surface area (Å²) in [5.74, 6) is -4.20. The maximum Gasteiger partial charge on any atom is 0.328 e. The molecule has 67 heavy (non-hydrogen) atoms. The molecular weight excluding hydrogens is 891 g/mol. The molecule has 1 spiro atoms. The number of halogens is 4. The van der Waals surface area contributed by atoms with Crippen LogP contribution in [0.25, 0.3) is 5.65 Å². The van der Waals surface area contributed by atoms with Crippen LogP contribution in [0.5, 0.6) is 0 Å². The van der Waals surface area contributed by atoms with Crippen molar-refractivity contribution < 1.29 is 37.1 Å². The maximum absolute atomic E-state index is 16.3. The molecule has 1 saturated carbocycles. The van der Waals surface area contributed by atoms with Gasteiger partial charge in [0.15, 0.2) is 17.2 Å². The number of piperidine rings is 3. The average Bonchev–Trinajstić information content (AvgIpc) is 3.95. The Hall–Kier alpha value is -5.50. The van der Waals surface area contributed by atoms with E-state index in [1.165, 1.54) is 12.3 Å². The number of benzene rings is 2. The highest BCUT2D eigenvalue weighted by atomic mass is 35.5. The molecule has 0 radical (unpaired) electrons. The van der Waals surface area contributed by atoms with Crippen molar-refractivity contribution in [3.63, 3.8) is 0 Å². The molecule has 356 valence electrons. The normalized spacial score (nSPS) is 24.1. The first kappa shape index (κ1) is 45.3. The Morgan fingerprint density at radius 1 is 0.940 bits per heavy atom. The molecule has 4 saturated heterocycles. The van der Waals surface area contributed by atoms with Gasteiger partial charge in [0, 0.05) is 77.2 Å². The largest absolute Gasteiger partial charge is 0.385 e. The SMILES string of the molecule is CNc1cc(N2CCc3c(CN4CCC(N5CCC6(CCN(C(=O)c7cc(F)c(Cl)c(N8CCC(=O)NC8=O)c7)CC6)CC5)C(F)(F)C4)cccc32)nn2c(C(=O)N[C@@H]3CC[C@H]3OC)cnc12. The lowest BCUT2D eigenvalue weighted by molar-refractivity contribution is -0.139. The molecule has 2 aromatic carbocycles. The number of urea groups is 1. The van der Waals surface area contributed by atoms with E-state index in [1.807, 2.05) is 34.1 Å². The number of ether oxygens (including phenoxy) is 1. The second-order valence-electron chi connectivity index (χ2n) is 18.9. The first-order chi connectivity index (χ1) is 32.2. The molecule has 10 rings (SSSR count). The number of hydrogen-bond acceptors (Lipinski definition) is 11. The first-order valence-electron chi connectivity index (χ1n) is 23.3. The van der Waals surface area contributed by atoms with E-state index >= 15 is 13.2 Å². The topological polar surface area (TPSA) is 160 Å². The second kappa shape index (κ2) is 17.9. The highest BCUT2D eigenvalue weighted by molar-refractivity contribution is 6.34. The Labute approximate surface area is 391 Å².